The molecule has 9 nitrogen and oxygen atoms in total. The predicted molar refractivity (Wildman–Crippen MR) is 132 cm³/mol. The van der Waals surface area contributed by atoms with Crippen LogP contribution in [-0.2, 0) is 16.1 Å². The maximum atomic E-state index is 12.0. The molecule has 34 heavy (non-hydrogen) atoms. The molecule has 0 unspecified atom stereocenters. The number of nitrogens with zero attached hydrogens (tertiary/aromatic N) is 7. The van der Waals surface area contributed by atoms with E-state index in [1.165, 1.54) is 11.8 Å². The third kappa shape index (κ3) is 3.85. The van der Waals surface area contributed by atoms with Crippen LogP contribution in [0, 0.1) is 5.92 Å². The van der Waals surface area contributed by atoms with Crippen molar-refractivity contribution < 1.29 is 9.53 Å². The van der Waals surface area contributed by atoms with E-state index in [1.807, 2.05) is 24.5 Å². The van der Waals surface area contributed by atoms with Crippen LogP contribution in [0.4, 0.5) is 11.8 Å². The topological polar surface area (TPSA) is 89.3 Å². The largest absolute Gasteiger partial charge is 0.469 e. The van der Waals surface area contributed by atoms with Gasteiger partial charge >= 0.3 is 5.97 Å². The molecule has 4 aromatic rings. The first-order valence-electron chi connectivity index (χ1n) is 11.8. The summed E-state index contributed by atoms with van der Waals surface area (Å²) in [4.78, 5) is 36.0. The van der Waals surface area contributed by atoms with Crippen molar-refractivity contribution in [1.82, 2.24) is 24.5 Å². The fourth-order valence-electron chi connectivity index (χ4n) is 4.94. The van der Waals surface area contributed by atoms with E-state index in [0.717, 1.165) is 79.4 Å². The highest BCUT2D eigenvalue weighted by molar-refractivity contribution is 7.18. The molecule has 0 atom stereocenters. The highest BCUT2D eigenvalue weighted by atomic mass is 32.1. The Hall–Kier alpha value is -3.27. The summed E-state index contributed by atoms with van der Waals surface area (Å²) in [7, 11) is 1.46. The number of aromatic nitrogens is 5. The summed E-state index contributed by atoms with van der Waals surface area (Å²) in [5.41, 5.74) is 2.70. The molecule has 5 heterocycles. The molecule has 0 aliphatic carbocycles. The number of thiazole rings is 1. The molecule has 10 heteroatoms. The summed E-state index contributed by atoms with van der Waals surface area (Å²) in [6, 6.07) is 8.21. The first kappa shape index (κ1) is 21.3. The van der Waals surface area contributed by atoms with E-state index in [2.05, 4.69) is 20.4 Å². The van der Waals surface area contributed by atoms with Crippen molar-refractivity contribution in [3.8, 4) is 0 Å². The number of fused-ring (bicyclic) bond motifs is 2. The van der Waals surface area contributed by atoms with Gasteiger partial charge in [0.1, 0.15) is 5.01 Å². The highest BCUT2D eigenvalue weighted by Crippen LogP contribution is 2.31. The summed E-state index contributed by atoms with van der Waals surface area (Å²) >= 11 is 1.70. The lowest BCUT2D eigenvalue weighted by Gasteiger charge is -2.31. The van der Waals surface area contributed by atoms with Crippen molar-refractivity contribution in [2.24, 2.45) is 5.92 Å². The molecule has 0 N–H and O–H groups in total. The molecule has 0 spiro atoms. The molecule has 0 amide bonds. The number of hydrogen-bond donors (Lipinski definition) is 0. The number of para-hydroxylation sites is 1. The molecule has 2 aliphatic heterocycles. The van der Waals surface area contributed by atoms with Gasteiger partial charge in [-0.15, -0.1) is 11.3 Å². The van der Waals surface area contributed by atoms with Crippen LogP contribution in [0.5, 0.6) is 0 Å². The van der Waals surface area contributed by atoms with E-state index in [4.69, 9.17) is 24.7 Å². The summed E-state index contributed by atoms with van der Waals surface area (Å²) in [5.74, 6) is 1.45. The van der Waals surface area contributed by atoms with Crippen molar-refractivity contribution in [3.63, 3.8) is 0 Å². The number of anilines is 2. The molecule has 0 saturated carbocycles. The minimum atomic E-state index is -0.123. The quantitative estimate of drug-likeness (QED) is 0.404. The van der Waals surface area contributed by atoms with Crippen LogP contribution >= 0.6 is 11.3 Å². The Morgan fingerprint density at radius 2 is 1.85 bits per heavy atom. The minimum absolute atomic E-state index is 0.0485. The Bertz CT molecular complexity index is 1300. The van der Waals surface area contributed by atoms with Gasteiger partial charge in [-0.3, -0.25) is 4.79 Å². The van der Waals surface area contributed by atoms with Gasteiger partial charge < -0.3 is 19.1 Å². The molecular weight excluding hydrogens is 450 g/mol. The molecule has 176 valence electrons. The first-order chi connectivity index (χ1) is 16.7. The van der Waals surface area contributed by atoms with Gasteiger partial charge in [0, 0.05) is 26.2 Å². The van der Waals surface area contributed by atoms with Crippen LogP contribution < -0.4 is 9.80 Å². The number of hydrogen-bond acceptors (Lipinski definition) is 9. The summed E-state index contributed by atoms with van der Waals surface area (Å²) < 4.78 is 8.21. The lowest BCUT2D eigenvalue weighted by atomic mass is 9.97. The first-order valence-corrected chi connectivity index (χ1v) is 12.7. The van der Waals surface area contributed by atoms with Crippen LogP contribution in [-0.4, -0.2) is 63.8 Å². The normalized spacial score (nSPS) is 17.2. The van der Waals surface area contributed by atoms with Gasteiger partial charge in [0.25, 0.3) is 0 Å². The third-order valence-corrected chi connectivity index (χ3v) is 7.82. The second-order valence-corrected chi connectivity index (χ2v) is 10.1. The van der Waals surface area contributed by atoms with Gasteiger partial charge in [-0.2, -0.15) is 9.97 Å². The molecular formula is C24H27N7O2S. The van der Waals surface area contributed by atoms with Gasteiger partial charge in [0.05, 0.1) is 36.1 Å². The van der Waals surface area contributed by atoms with Crippen molar-refractivity contribution >= 4 is 50.5 Å². The Morgan fingerprint density at radius 3 is 2.62 bits per heavy atom. The number of imidazole rings is 1. The monoisotopic (exact) mass is 477 g/mol. The lowest BCUT2D eigenvalue weighted by molar-refractivity contribution is -0.146. The summed E-state index contributed by atoms with van der Waals surface area (Å²) in [5, 5.41) is 1.03. The standard InChI is InChI=1S/C24H27N7O2S/c1-33-23(32)16-8-12-30(13-9-16)24-27-21(29-10-4-5-11-29)20-22(28-24)31(15-25-20)14-19-26-17-6-2-3-7-18(17)34-19/h2-3,6-7,15-16H,4-5,8-14H2,1H3. The van der Waals surface area contributed by atoms with Gasteiger partial charge in [-0.1, -0.05) is 12.1 Å². The molecule has 6 rings (SSSR count). The Morgan fingerprint density at radius 1 is 1.06 bits per heavy atom. The van der Waals surface area contributed by atoms with Gasteiger partial charge in [0.2, 0.25) is 5.95 Å². The second-order valence-electron chi connectivity index (χ2n) is 8.95. The number of carbonyl (C=O) groups is 1. The number of benzene rings is 1. The maximum Gasteiger partial charge on any atom is 0.308 e. The van der Waals surface area contributed by atoms with E-state index < -0.39 is 0 Å². The smallest absolute Gasteiger partial charge is 0.308 e. The van der Waals surface area contributed by atoms with E-state index in [1.54, 1.807) is 11.3 Å². The molecule has 2 aliphatic rings. The number of piperidine rings is 1. The van der Waals surface area contributed by atoms with Crippen molar-refractivity contribution in [2.45, 2.75) is 32.2 Å². The molecule has 3 aromatic heterocycles. The zero-order valence-electron chi connectivity index (χ0n) is 19.2. The minimum Gasteiger partial charge on any atom is -0.469 e. The summed E-state index contributed by atoms with van der Waals surface area (Å²) in [6.07, 6.45) is 5.68. The zero-order chi connectivity index (χ0) is 23.1. The second kappa shape index (κ2) is 8.83. The van der Waals surface area contributed by atoms with Crippen LogP contribution in [0.3, 0.4) is 0 Å². The van der Waals surface area contributed by atoms with Crippen LogP contribution in [0.2, 0.25) is 0 Å². The predicted octanol–water partition coefficient (Wildman–Crippen LogP) is 3.47. The highest BCUT2D eigenvalue weighted by Gasteiger charge is 2.29. The molecule has 0 radical (unpaired) electrons. The Balaban J connectivity index is 1.35. The fraction of sp³-hybridized carbons (Fsp3) is 0.458. The molecule has 2 saturated heterocycles. The Labute approximate surface area is 201 Å². The third-order valence-electron chi connectivity index (χ3n) is 6.80. The zero-order valence-corrected chi connectivity index (χ0v) is 20.0. The number of esters is 1. The lowest BCUT2D eigenvalue weighted by Crippen LogP contribution is -2.38. The van der Waals surface area contributed by atoms with Crippen molar-refractivity contribution in [2.75, 3.05) is 43.1 Å². The number of methoxy groups -OCH3 is 1. The van der Waals surface area contributed by atoms with E-state index in [0.29, 0.717) is 12.5 Å². The maximum absolute atomic E-state index is 12.0. The van der Waals surface area contributed by atoms with Crippen molar-refractivity contribution in [1.29, 1.82) is 0 Å². The average molecular weight is 478 g/mol. The van der Waals surface area contributed by atoms with Crippen LogP contribution in [0.1, 0.15) is 30.7 Å². The molecule has 0 bridgehead atoms. The van der Waals surface area contributed by atoms with Crippen LogP contribution in [0.15, 0.2) is 30.6 Å². The van der Waals surface area contributed by atoms with Gasteiger partial charge in [-0.25, -0.2) is 9.97 Å². The molecule has 1 aromatic carbocycles. The SMILES string of the molecule is COC(=O)C1CCN(c2nc(N3CCCC3)c3ncn(Cc4nc5ccccc5s4)c3n2)CC1. The van der Waals surface area contributed by atoms with Crippen LogP contribution in [0.25, 0.3) is 21.4 Å². The van der Waals surface area contributed by atoms with E-state index in [9.17, 15) is 4.79 Å². The molecule has 2 fully saturated rings. The number of carbonyl (C=O) groups excluding carboxylic acids is 1. The summed E-state index contributed by atoms with van der Waals surface area (Å²) in [6.45, 7) is 4.06. The van der Waals surface area contributed by atoms with Gasteiger partial charge in [0.15, 0.2) is 17.0 Å². The van der Waals surface area contributed by atoms with Crippen molar-refractivity contribution in [3.05, 3.63) is 35.6 Å². The Kier molecular flexibility index (Phi) is 5.52. The number of rotatable bonds is 5. The van der Waals surface area contributed by atoms with Gasteiger partial charge in [-0.05, 0) is 37.8 Å². The fourth-order valence-corrected chi connectivity index (χ4v) is 5.91. The number of ether oxygens (including phenoxy) is 1. The average Bonchev–Trinajstić information content (AvgIpc) is 3.63. The van der Waals surface area contributed by atoms with E-state index >= 15 is 0 Å². The van der Waals surface area contributed by atoms with E-state index in [-0.39, 0.29) is 11.9 Å².